The molecule has 29 heteroatoms. The number of likely N-dealkylation sites (N-methyl/N-ethyl adjacent to an activating group) is 7. The monoisotopic (exact) mass is 1530 g/mol. The lowest BCUT2D eigenvalue weighted by atomic mass is 9.74. The highest BCUT2D eigenvalue weighted by molar-refractivity contribution is 8.00. The van der Waals surface area contributed by atoms with Crippen molar-refractivity contribution < 1.29 is 75.4 Å². The van der Waals surface area contributed by atoms with Crippen LogP contribution in [0.25, 0.3) is 0 Å². The van der Waals surface area contributed by atoms with E-state index in [1.165, 1.54) is 90.7 Å². The first-order valence-electron chi connectivity index (χ1n) is 39.9. The maximum atomic E-state index is 15.7. The fourth-order valence-electron chi connectivity index (χ4n) is 17.4. The Kier molecular flexibility index (Phi) is 32.7. The smallest absolute Gasteiger partial charge is 0.377 e. The maximum Gasteiger partial charge on any atom is 0.391 e. The Morgan fingerprint density at radius 1 is 0.664 bits per heavy atom. The van der Waals surface area contributed by atoms with E-state index in [9.17, 15) is 32.3 Å². The van der Waals surface area contributed by atoms with Gasteiger partial charge in [-0.05, 0) is 151 Å². The second kappa shape index (κ2) is 39.9. The lowest BCUT2D eigenvalue weighted by Crippen LogP contribution is -2.68. The van der Waals surface area contributed by atoms with Gasteiger partial charge >= 0.3 is 6.18 Å². The number of unbranched alkanes of at least 4 members (excludes halogenated alkanes) is 3. The number of hydrogen-bond acceptors (Lipinski definition) is 14. The molecule has 107 heavy (non-hydrogen) atoms. The number of ether oxygens (including phenoxy) is 1. The van der Waals surface area contributed by atoms with Crippen LogP contribution in [0.4, 0.5) is 13.2 Å². The van der Waals surface area contributed by atoms with E-state index in [-0.39, 0.29) is 103 Å². The molecule has 604 valence electrons. The van der Waals surface area contributed by atoms with E-state index in [1.807, 2.05) is 45.5 Å². The van der Waals surface area contributed by atoms with Gasteiger partial charge in [-0.15, -0.1) is 0 Å². The van der Waals surface area contributed by atoms with Crippen LogP contribution >= 0.6 is 11.8 Å². The van der Waals surface area contributed by atoms with Crippen molar-refractivity contribution in [2.75, 3.05) is 94.9 Å². The first-order chi connectivity index (χ1) is 50.7. The normalized spacial score (nSPS) is 30.9. The second-order valence-electron chi connectivity index (χ2n) is 32.1. The number of hydrogen-bond donors (Lipinski definition) is 3. The van der Waals surface area contributed by atoms with Gasteiger partial charge in [0.15, 0.2) is 0 Å². The van der Waals surface area contributed by atoms with Crippen LogP contribution in [0.2, 0.25) is 0 Å². The third-order valence-corrected chi connectivity index (χ3v) is 26.3. The molecular formula is C78H127F3N12O13S. The molecule has 6 fully saturated rings. The molecule has 4 heterocycles. The number of halogens is 3. The molecule has 4 aliphatic heterocycles. The van der Waals surface area contributed by atoms with Crippen molar-refractivity contribution in [2.24, 2.45) is 35.5 Å². The zero-order valence-electron chi connectivity index (χ0n) is 66.4. The highest BCUT2D eigenvalue weighted by atomic mass is 32.2. The minimum atomic E-state index is -4.43. The number of amides is 12. The molecule has 25 nitrogen and oxygen atoms in total. The van der Waals surface area contributed by atoms with E-state index in [0.29, 0.717) is 56.1 Å². The molecular weight excluding hydrogens is 1400 g/mol. The van der Waals surface area contributed by atoms with E-state index in [2.05, 4.69) is 16.0 Å². The van der Waals surface area contributed by atoms with Crippen molar-refractivity contribution in [3.8, 4) is 0 Å². The summed E-state index contributed by atoms with van der Waals surface area (Å²) in [5.74, 6) is -9.00. The van der Waals surface area contributed by atoms with Gasteiger partial charge in [0.2, 0.25) is 70.9 Å². The predicted octanol–water partition coefficient (Wildman–Crippen LogP) is 7.18. The zero-order valence-corrected chi connectivity index (χ0v) is 67.2. The van der Waals surface area contributed by atoms with Gasteiger partial charge in [-0.1, -0.05) is 91.7 Å². The number of fused-ring (bicyclic) bond motifs is 4. The van der Waals surface area contributed by atoms with E-state index < -0.39 is 180 Å². The van der Waals surface area contributed by atoms with E-state index in [0.717, 1.165) is 54.1 Å². The van der Waals surface area contributed by atoms with Gasteiger partial charge in [0.25, 0.3) is 0 Å². The molecule has 0 aromatic carbocycles. The molecule has 0 radical (unpaired) electrons. The van der Waals surface area contributed by atoms with Crippen LogP contribution in [0.15, 0.2) is 12.2 Å². The van der Waals surface area contributed by atoms with Crippen LogP contribution in [0, 0.1) is 35.5 Å². The van der Waals surface area contributed by atoms with Gasteiger partial charge in [-0.3, -0.25) is 57.5 Å². The fourth-order valence-corrected chi connectivity index (χ4v) is 19.0. The summed E-state index contributed by atoms with van der Waals surface area (Å²) < 4.78 is 48.7. The van der Waals surface area contributed by atoms with Crippen molar-refractivity contribution in [1.82, 2.24) is 60.0 Å². The molecule has 7 aliphatic rings. The number of nitrogens with one attached hydrogen (secondary N) is 3. The molecule has 3 saturated carbocycles. The van der Waals surface area contributed by atoms with Crippen LogP contribution in [-0.4, -0.2) is 281 Å². The minimum Gasteiger partial charge on any atom is -0.377 e. The first kappa shape index (κ1) is 87.7. The number of alkyl halides is 3. The predicted molar refractivity (Wildman–Crippen MR) is 402 cm³/mol. The van der Waals surface area contributed by atoms with Gasteiger partial charge in [-0.2, -0.15) is 24.9 Å². The highest BCUT2D eigenvalue weighted by Crippen LogP contribution is 2.46. The summed E-state index contributed by atoms with van der Waals surface area (Å²) in [5, 5.41) is 9.56. The summed E-state index contributed by atoms with van der Waals surface area (Å²) in [6, 6.07) is -10.1. The molecule has 3 N–H and O–H groups in total. The van der Waals surface area contributed by atoms with Crippen molar-refractivity contribution in [2.45, 2.75) is 280 Å². The molecule has 2 bridgehead atoms. The molecule has 3 aliphatic carbocycles. The fraction of sp³-hybridized carbons (Fsp3) is 0.821. The number of carbonyl (C=O) groups excluding carboxylic acids is 12. The molecule has 13 atom stereocenters. The van der Waals surface area contributed by atoms with E-state index in [1.54, 1.807) is 19.9 Å². The summed E-state index contributed by atoms with van der Waals surface area (Å²) in [6.07, 6.45) is 7.77. The van der Waals surface area contributed by atoms with Gasteiger partial charge in [-0.25, -0.2) is 0 Å². The van der Waals surface area contributed by atoms with Gasteiger partial charge in [0.05, 0.1) is 31.5 Å². The number of nitrogens with zero attached hydrogens (tertiary/aromatic N) is 9. The summed E-state index contributed by atoms with van der Waals surface area (Å²) in [6.45, 7) is 10.1. The second-order valence-corrected chi connectivity index (χ2v) is 33.5. The zero-order chi connectivity index (χ0) is 78.9. The minimum absolute atomic E-state index is 0.0183. The quantitative estimate of drug-likeness (QED) is 0.0906. The maximum absolute atomic E-state index is 15.7. The molecule has 3 unspecified atom stereocenters. The van der Waals surface area contributed by atoms with E-state index >= 15 is 38.4 Å². The van der Waals surface area contributed by atoms with Gasteiger partial charge in [0.1, 0.15) is 53.9 Å². The SMILES string of the molecule is CCCCCC[C@H]1C(=O)N[C@@H]([C@@H](C)CC)C(=O)N(C)CC(=O)N(C)[C@H]2C/C=C\CCN(C2=O)[C@@H](CC2CCC(C(F)(F)F)CC2)C(=O)N(C)CC(=O)N[C@@H](CCC2CCC3SCCC3C2)C(=O)N2C[C@H](OCC)C[C@H]2C(=O)NC2(CCC2)C(=O)N(C)[C@@H](C(CC)CC)C(=O)N(C)[C@H](C(=O)N(C)C)CC(=O)N1C. The van der Waals surface area contributed by atoms with E-state index in [4.69, 9.17) is 4.74 Å². The largest absolute Gasteiger partial charge is 0.391 e. The molecule has 12 amide bonds. The summed E-state index contributed by atoms with van der Waals surface area (Å²) in [4.78, 5) is 194. The Balaban J connectivity index is 1.32. The molecule has 3 saturated heterocycles. The topological polar surface area (TPSA) is 279 Å². The molecule has 7 rings (SSSR count). The van der Waals surface area contributed by atoms with Crippen LogP contribution in [-0.2, 0) is 62.3 Å². The van der Waals surface area contributed by atoms with Crippen LogP contribution < -0.4 is 16.0 Å². The average molecular weight is 1530 g/mol. The standard InChI is InChI=1S/C78H127F3N12O13S/c1-15-20-21-23-27-57-68(97)83-66(49(6)16-2)74(103)87(10)48-65(96)89(12)58-28-24-22-25-40-92(73(58)102)61(43-51-29-33-54(34-30-51)78(79,80)81)72(101)86(9)47-63(94)82-56(35-31-50-32-36-62-53(42-50)37-41-107-62)70(99)93-46-55(106-19-5)44-59(93)69(98)84-77(38-26-39-77)76(105)91(14)67(52(17-3)18-4)75(104)90(13)60(71(100)85(7)8)45-64(95)88(57)11/h22,24,49-62,66-67H,15-21,23,25-48H2,1-14H3,(H,82,94)(H,83,97)(H,84,98)/b24-22-/t49-,50?,51?,53?,54?,55+,56-,57-,58-,59-,60-,61-,62?,66-,67-/m0/s1. The number of carbonyl (C=O) groups is 12. The Labute approximate surface area is 637 Å². The Hall–Kier alpha value is -6.52. The average Bonchev–Trinajstić information content (AvgIpc) is 1.60. The van der Waals surface area contributed by atoms with Crippen molar-refractivity contribution >= 4 is 82.6 Å². The lowest BCUT2D eigenvalue weighted by Gasteiger charge is -2.47. The Morgan fingerprint density at radius 2 is 1.34 bits per heavy atom. The highest BCUT2D eigenvalue weighted by Gasteiger charge is 2.54. The van der Waals surface area contributed by atoms with Gasteiger partial charge < -0.3 is 64.8 Å². The third-order valence-electron chi connectivity index (χ3n) is 24.8. The van der Waals surface area contributed by atoms with Crippen LogP contribution in [0.5, 0.6) is 0 Å². The van der Waals surface area contributed by atoms with Crippen LogP contribution in [0.1, 0.15) is 208 Å². The summed E-state index contributed by atoms with van der Waals surface area (Å²) in [7, 11) is 11.5. The van der Waals surface area contributed by atoms with Crippen molar-refractivity contribution in [3.63, 3.8) is 0 Å². The van der Waals surface area contributed by atoms with Gasteiger partial charge in [0, 0.05) is 87.7 Å². The summed E-state index contributed by atoms with van der Waals surface area (Å²) >= 11 is 1.99. The van der Waals surface area contributed by atoms with Crippen molar-refractivity contribution in [3.05, 3.63) is 12.2 Å². The molecule has 0 aromatic heterocycles. The Morgan fingerprint density at radius 3 is 1.95 bits per heavy atom. The first-order valence-corrected chi connectivity index (χ1v) is 41.0. The molecule has 1 spiro atoms. The Bertz CT molecular complexity index is 3130. The summed E-state index contributed by atoms with van der Waals surface area (Å²) in [5.41, 5.74) is -1.55. The number of thioether (sulfide) groups is 1. The number of rotatable bonds is 18. The lowest BCUT2D eigenvalue weighted by molar-refractivity contribution is -0.184. The van der Waals surface area contributed by atoms with Crippen LogP contribution in [0.3, 0.4) is 0 Å². The van der Waals surface area contributed by atoms with Crippen molar-refractivity contribution in [1.29, 1.82) is 0 Å². The molecule has 0 aromatic rings. The third kappa shape index (κ3) is 22.0.